The summed E-state index contributed by atoms with van der Waals surface area (Å²) in [5.74, 6) is 0. The molecule has 0 bridgehead atoms. The number of aryl methyl sites for hydroxylation is 2. The standard InChI is InChI=1S/C8H9.Y/c1-7-4-3-5-8(2)6-7;/h4-6H,1-2H3;/q-1;+3. The Kier molecular flexibility index (Phi) is 4.34. The van der Waals surface area contributed by atoms with Crippen LogP contribution in [-0.2, 0) is 32.7 Å². The largest absolute Gasteiger partial charge is 3.00 e. The first-order chi connectivity index (χ1) is 3.79. The molecule has 0 aliphatic heterocycles. The van der Waals surface area contributed by atoms with Crippen molar-refractivity contribution in [2.45, 2.75) is 13.8 Å². The molecule has 0 amide bonds. The van der Waals surface area contributed by atoms with Gasteiger partial charge >= 0.3 is 32.7 Å². The van der Waals surface area contributed by atoms with Crippen molar-refractivity contribution in [3.8, 4) is 0 Å². The van der Waals surface area contributed by atoms with Crippen LogP contribution in [0, 0.1) is 19.9 Å². The monoisotopic (exact) mass is 194 g/mol. The first kappa shape index (κ1) is 9.32. The zero-order valence-electron chi connectivity index (χ0n) is 5.81. The van der Waals surface area contributed by atoms with E-state index in [0.717, 1.165) is 0 Å². The van der Waals surface area contributed by atoms with Crippen LogP contribution >= 0.6 is 0 Å². The van der Waals surface area contributed by atoms with Crippen molar-refractivity contribution in [2.75, 3.05) is 0 Å². The first-order valence-corrected chi connectivity index (χ1v) is 2.73. The summed E-state index contributed by atoms with van der Waals surface area (Å²) >= 11 is 0. The molecule has 0 spiro atoms. The van der Waals surface area contributed by atoms with Gasteiger partial charge in [0.05, 0.1) is 0 Å². The fraction of sp³-hybridized carbons (Fsp3) is 0.250. The minimum Gasteiger partial charge on any atom is -0.183 e. The van der Waals surface area contributed by atoms with E-state index in [0.29, 0.717) is 0 Å². The van der Waals surface area contributed by atoms with E-state index < -0.39 is 0 Å². The Hall–Kier alpha value is 0.324. The van der Waals surface area contributed by atoms with E-state index in [9.17, 15) is 0 Å². The molecule has 0 unspecified atom stereocenters. The molecule has 1 rings (SSSR count). The fourth-order valence-electron chi connectivity index (χ4n) is 0.747. The van der Waals surface area contributed by atoms with Crippen molar-refractivity contribution >= 4 is 0 Å². The van der Waals surface area contributed by atoms with Crippen LogP contribution in [0.1, 0.15) is 11.1 Å². The van der Waals surface area contributed by atoms with Crippen molar-refractivity contribution in [1.29, 1.82) is 0 Å². The number of hydrogen-bond donors (Lipinski definition) is 0. The topological polar surface area (TPSA) is 0 Å². The van der Waals surface area contributed by atoms with Gasteiger partial charge in [0.2, 0.25) is 0 Å². The Labute approximate surface area is 81.5 Å². The summed E-state index contributed by atoms with van der Waals surface area (Å²) in [5.41, 5.74) is 2.56. The Morgan fingerprint density at radius 3 is 1.78 bits per heavy atom. The Bertz CT molecular complexity index is 164. The Morgan fingerprint density at radius 1 is 1.11 bits per heavy atom. The second kappa shape index (κ2) is 4.19. The van der Waals surface area contributed by atoms with Crippen LogP contribution in [0.3, 0.4) is 0 Å². The maximum Gasteiger partial charge on any atom is 3.00 e. The molecule has 0 saturated carbocycles. The Morgan fingerprint density at radius 2 is 1.56 bits per heavy atom. The maximum absolute atomic E-state index is 3.03. The van der Waals surface area contributed by atoms with Gasteiger partial charge in [-0.15, -0.1) is 0 Å². The van der Waals surface area contributed by atoms with E-state index in [4.69, 9.17) is 0 Å². The van der Waals surface area contributed by atoms with Crippen molar-refractivity contribution < 1.29 is 32.7 Å². The summed E-state index contributed by atoms with van der Waals surface area (Å²) < 4.78 is 0. The summed E-state index contributed by atoms with van der Waals surface area (Å²) in [4.78, 5) is 0. The van der Waals surface area contributed by atoms with Gasteiger partial charge in [0, 0.05) is 0 Å². The van der Waals surface area contributed by atoms with Gasteiger partial charge in [-0.1, -0.05) is 13.8 Å². The van der Waals surface area contributed by atoms with Crippen LogP contribution in [0.5, 0.6) is 0 Å². The summed E-state index contributed by atoms with van der Waals surface area (Å²) in [6.45, 7) is 4.15. The predicted molar refractivity (Wildman–Crippen MR) is 34.8 cm³/mol. The van der Waals surface area contributed by atoms with Crippen LogP contribution < -0.4 is 0 Å². The third kappa shape index (κ3) is 3.12. The zero-order chi connectivity index (χ0) is 5.98. The van der Waals surface area contributed by atoms with Gasteiger partial charge in [0.1, 0.15) is 0 Å². The molecular formula is C8H9Y+2. The molecule has 0 heterocycles. The van der Waals surface area contributed by atoms with E-state index in [1.165, 1.54) is 11.1 Å². The van der Waals surface area contributed by atoms with Gasteiger partial charge in [-0.05, 0) is 0 Å². The second-order valence-electron chi connectivity index (χ2n) is 2.09. The molecule has 9 heavy (non-hydrogen) atoms. The van der Waals surface area contributed by atoms with Crippen molar-refractivity contribution in [3.63, 3.8) is 0 Å². The molecule has 0 aliphatic rings. The van der Waals surface area contributed by atoms with Gasteiger partial charge in [-0.25, -0.2) is 0 Å². The van der Waals surface area contributed by atoms with Gasteiger partial charge in [-0.3, -0.25) is 0 Å². The van der Waals surface area contributed by atoms with E-state index in [1.807, 2.05) is 12.1 Å². The summed E-state index contributed by atoms with van der Waals surface area (Å²) in [6.07, 6.45) is 0. The minimum absolute atomic E-state index is 0. The molecule has 1 aromatic carbocycles. The molecule has 0 N–H and O–H groups in total. The average Bonchev–Trinajstić information content (AvgIpc) is 1.64. The molecule has 1 aromatic rings. The second-order valence-corrected chi connectivity index (χ2v) is 2.09. The van der Waals surface area contributed by atoms with E-state index >= 15 is 0 Å². The SMILES string of the molecule is Cc1c[c-]cc(C)c1.[Y+3]. The van der Waals surface area contributed by atoms with E-state index in [1.54, 1.807) is 0 Å². The fourth-order valence-corrected chi connectivity index (χ4v) is 0.747. The molecule has 42 valence electrons. The number of hydrogen-bond acceptors (Lipinski definition) is 0. The summed E-state index contributed by atoms with van der Waals surface area (Å²) in [6, 6.07) is 9.12. The van der Waals surface area contributed by atoms with Crippen molar-refractivity contribution in [3.05, 3.63) is 35.4 Å². The first-order valence-electron chi connectivity index (χ1n) is 2.73. The molecule has 1 heteroatoms. The van der Waals surface area contributed by atoms with E-state index in [2.05, 4.69) is 26.0 Å². The number of rotatable bonds is 0. The van der Waals surface area contributed by atoms with Gasteiger partial charge in [0.15, 0.2) is 0 Å². The van der Waals surface area contributed by atoms with Crippen molar-refractivity contribution in [1.82, 2.24) is 0 Å². The predicted octanol–water partition coefficient (Wildman–Crippen LogP) is 2.10. The van der Waals surface area contributed by atoms with Crippen LogP contribution in [0.15, 0.2) is 18.2 Å². The molecule has 0 aromatic heterocycles. The van der Waals surface area contributed by atoms with Gasteiger partial charge < -0.3 is 0 Å². The molecule has 0 nitrogen and oxygen atoms in total. The molecule has 0 fully saturated rings. The smallest absolute Gasteiger partial charge is 0.183 e. The third-order valence-corrected chi connectivity index (χ3v) is 1.08. The molecule has 0 radical (unpaired) electrons. The quantitative estimate of drug-likeness (QED) is 0.555. The van der Waals surface area contributed by atoms with Crippen molar-refractivity contribution in [2.24, 2.45) is 0 Å². The summed E-state index contributed by atoms with van der Waals surface area (Å²) in [7, 11) is 0. The maximum atomic E-state index is 3.03. The zero-order valence-corrected chi connectivity index (χ0v) is 8.65. The molecule has 0 aliphatic carbocycles. The molecule has 0 saturated heterocycles. The van der Waals surface area contributed by atoms with Gasteiger partial charge in [0.25, 0.3) is 0 Å². The van der Waals surface area contributed by atoms with Crippen LogP contribution in [-0.4, -0.2) is 0 Å². The normalized spacial score (nSPS) is 8.22. The summed E-state index contributed by atoms with van der Waals surface area (Å²) in [5, 5.41) is 0. The molecular weight excluding hydrogens is 185 g/mol. The van der Waals surface area contributed by atoms with Crippen LogP contribution in [0.2, 0.25) is 0 Å². The van der Waals surface area contributed by atoms with Crippen LogP contribution in [0.4, 0.5) is 0 Å². The minimum atomic E-state index is 0. The third-order valence-electron chi connectivity index (χ3n) is 1.08. The average molecular weight is 194 g/mol. The van der Waals surface area contributed by atoms with Crippen LogP contribution in [0.25, 0.3) is 0 Å². The molecule has 0 atom stereocenters. The number of benzene rings is 1. The van der Waals surface area contributed by atoms with E-state index in [-0.39, 0.29) is 32.7 Å². The Balaban J connectivity index is 0.000000640. The van der Waals surface area contributed by atoms with Gasteiger partial charge in [-0.2, -0.15) is 35.4 Å².